The highest BCUT2D eigenvalue weighted by Gasteiger charge is 2.34. The van der Waals surface area contributed by atoms with E-state index in [1.807, 2.05) is 0 Å². The summed E-state index contributed by atoms with van der Waals surface area (Å²) in [4.78, 5) is 0. The van der Waals surface area contributed by atoms with Crippen LogP contribution < -0.4 is 21.7 Å². The van der Waals surface area contributed by atoms with Crippen LogP contribution in [0.4, 0.5) is 0 Å². The first kappa shape index (κ1) is 18.0. The van der Waals surface area contributed by atoms with E-state index in [-0.39, 0.29) is 12.8 Å². The van der Waals surface area contributed by atoms with Crippen LogP contribution in [-0.4, -0.2) is 13.8 Å². The summed E-state index contributed by atoms with van der Waals surface area (Å²) in [6.07, 6.45) is 0. The first-order valence-corrected chi connectivity index (χ1v) is 11.4. The van der Waals surface area contributed by atoms with Gasteiger partial charge < -0.3 is 5.32 Å². The summed E-state index contributed by atoms with van der Waals surface area (Å²) < 4.78 is 0. The van der Waals surface area contributed by atoms with Crippen LogP contribution in [0, 0.1) is 0 Å². The van der Waals surface area contributed by atoms with E-state index in [1.165, 1.54) is 59.8 Å². The predicted molar refractivity (Wildman–Crippen MR) is 139 cm³/mol. The molecular formula is C30H22BN. The Labute approximate surface area is 188 Å². The second-order valence-corrected chi connectivity index (χ2v) is 8.93. The summed E-state index contributed by atoms with van der Waals surface area (Å²) in [7, 11) is 2.09. The van der Waals surface area contributed by atoms with Crippen molar-refractivity contribution in [3.05, 3.63) is 114 Å². The molecule has 0 aromatic heterocycles. The minimum absolute atomic E-state index is 0.156. The van der Waals surface area contributed by atoms with E-state index < -0.39 is 0 Å². The molecule has 1 atom stereocenters. The Balaban J connectivity index is 1.75. The number of hydrogen-bond donors (Lipinski definition) is 1. The summed E-state index contributed by atoms with van der Waals surface area (Å²) in [6, 6.07) is 38.5. The van der Waals surface area contributed by atoms with Gasteiger partial charge in [0, 0.05) is 0 Å². The monoisotopic (exact) mass is 407 g/mol. The molecule has 1 unspecified atom stereocenters. The third-order valence-electron chi connectivity index (χ3n) is 7.35. The van der Waals surface area contributed by atoms with Gasteiger partial charge in [0.1, 0.15) is 0 Å². The van der Waals surface area contributed by atoms with E-state index in [2.05, 4.69) is 115 Å². The van der Waals surface area contributed by atoms with Gasteiger partial charge in [-0.15, -0.1) is 0 Å². The van der Waals surface area contributed by atoms with E-state index in [0.29, 0.717) is 0 Å². The van der Waals surface area contributed by atoms with Gasteiger partial charge in [-0.25, -0.2) is 0 Å². The van der Waals surface area contributed by atoms with Crippen molar-refractivity contribution in [1.29, 1.82) is 0 Å². The molecule has 6 aromatic carbocycles. The molecule has 2 heteroatoms. The number of hydrogen-bond acceptors (Lipinski definition) is 1. The highest BCUT2D eigenvalue weighted by atomic mass is 14.9. The fourth-order valence-electron chi connectivity index (χ4n) is 6.07. The van der Waals surface area contributed by atoms with Gasteiger partial charge in [0.2, 0.25) is 6.71 Å². The van der Waals surface area contributed by atoms with Crippen LogP contribution in [0.5, 0.6) is 0 Å². The molecule has 7 rings (SSSR count). The van der Waals surface area contributed by atoms with Crippen LogP contribution in [-0.2, 0) is 0 Å². The molecule has 0 aliphatic carbocycles. The van der Waals surface area contributed by atoms with Gasteiger partial charge in [0.05, 0.1) is 6.04 Å². The Morgan fingerprint density at radius 1 is 0.562 bits per heavy atom. The van der Waals surface area contributed by atoms with E-state index in [1.54, 1.807) is 0 Å². The molecule has 32 heavy (non-hydrogen) atoms. The standard InChI is InChI=1S/C30H22BN/c1-32-30-23-12-5-6-13-25(23)31(22-10-3-2-4-11-22)26-18-21-9-7-8-19-14-15-20-16-17-24(30)29(26)28(20)27(19)21/h2-18,30,32H,1H3. The van der Waals surface area contributed by atoms with Crippen LogP contribution in [0.15, 0.2) is 103 Å². The van der Waals surface area contributed by atoms with Crippen LogP contribution in [0.2, 0.25) is 0 Å². The summed E-state index contributed by atoms with van der Waals surface area (Å²) in [5, 5.41) is 11.8. The molecule has 0 radical (unpaired) electrons. The lowest BCUT2D eigenvalue weighted by atomic mass is 9.36. The maximum Gasteiger partial charge on any atom is 0.242 e. The highest BCUT2D eigenvalue weighted by molar-refractivity contribution is 6.97. The number of fused-ring (bicyclic) bond motifs is 1. The Hall–Kier alpha value is -3.62. The quantitative estimate of drug-likeness (QED) is 0.324. The molecule has 1 heterocycles. The average molecular weight is 407 g/mol. The van der Waals surface area contributed by atoms with E-state index >= 15 is 0 Å². The summed E-state index contributed by atoms with van der Waals surface area (Å²) >= 11 is 0. The normalized spacial score (nSPS) is 15.4. The van der Waals surface area contributed by atoms with Gasteiger partial charge in [-0.05, 0) is 50.5 Å². The van der Waals surface area contributed by atoms with Crippen LogP contribution >= 0.6 is 0 Å². The fraction of sp³-hybridized carbons (Fsp3) is 0.0667. The predicted octanol–water partition coefficient (Wildman–Crippen LogP) is 4.72. The Kier molecular flexibility index (Phi) is 3.76. The van der Waals surface area contributed by atoms with E-state index in [9.17, 15) is 0 Å². The summed E-state index contributed by atoms with van der Waals surface area (Å²) in [6.45, 7) is 0.193. The highest BCUT2D eigenvalue weighted by Crippen LogP contribution is 2.39. The van der Waals surface area contributed by atoms with Gasteiger partial charge in [-0.2, -0.15) is 0 Å². The van der Waals surface area contributed by atoms with Gasteiger partial charge in [0.15, 0.2) is 0 Å². The van der Waals surface area contributed by atoms with Gasteiger partial charge >= 0.3 is 0 Å². The molecule has 1 aliphatic heterocycles. The van der Waals surface area contributed by atoms with Crippen molar-refractivity contribution < 1.29 is 0 Å². The zero-order valence-electron chi connectivity index (χ0n) is 18.0. The molecule has 0 spiro atoms. The van der Waals surface area contributed by atoms with Crippen molar-refractivity contribution in [1.82, 2.24) is 5.32 Å². The first-order chi connectivity index (χ1) is 15.8. The third-order valence-corrected chi connectivity index (χ3v) is 7.35. The fourth-order valence-corrected chi connectivity index (χ4v) is 6.07. The summed E-state index contributed by atoms with van der Waals surface area (Å²) in [5.41, 5.74) is 6.89. The Bertz CT molecular complexity index is 1620. The first-order valence-electron chi connectivity index (χ1n) is 11.4. The van der Waals surface area contributed by atoms with Crippen LogP contribution in [0.1, 0.15) is 17.2 Å². The zero-order valence-corrected chi connectivity index (χ0v) is 18.0. The maximum absolute atomic E-state index is 3.66. The van der Waals surface area contributed by atoms with Crippen molar-refractivity contribution >= 4 is 55.4 Å². The molecule has 1 nitrogen and oxygen atoms in total. The molecule has 0 bridgehead atoms. The number of rotatable bonds is 2. The van der Waals surface area contributed by atoms with E-state index in [0.717, 1.165) is 0 Å². The largest absolute Gasteiger partial charge is 0.309 e. The van der Waals surface area contributed by atoms with Gasteiger partial charge in [-0.3, -0.25) is 0 Å². The van der Waals surface area contributed by atoms with Crippen LogP contribution in [0.3, 0.4) is 0 Å². The molecule has 0 amide bonds. The minimum Gasteiger partial charge on any atom is -0.309 e. The van der Waals surface area contributed by atoms with Crippen molar-refractivity contribution in [3.8, 4) is 0 Å². The molecule has 1 N–H and O–H groups in total. The molecule has 0 fully saturated rings. The van der Waals surface area contributed by atoms with Crippen molar-refractivity contribution in [2.75, 3.05) is 7.05 Å². The zero-order chi connectivity index (χ0) is 21.2. The Morgan fingerprint density at radius 3 is 2.12 bits per heavy atom. The lowest BCUT2D eigenvalue weighted by molar-refractivity contribution is 0.701. The SMILES string of the molecule is CNC1c2ccccc2B(c2ccccc2)c2cc3cccc4ccc5ccc1c2c5c43. The average Bonchev–Trinajstić information content (AvgIpc) is 2.97. The maximum atomic E-state index is 3.66. The van der Waals surface area contributed by atoms with Crippen LogP contribution in [0.25, 0.3) is 32.3 Å². The third kappa shape index (κ3) is 2.33. The molecule has 1 aliphatic rings. The van der Waals surface area contributed by atoms with Gasteiger partial charge in [-0.1, -0.05) is 120 Å². The van der Waals surface area contributed by atoms with E-state index in [4.69, 9.17) is 0 Å². The lowest BCUT2D eigenvalue weighted by Crippen LogP contribution is -2.53. The van der Waals surface area contributed by atoms with Gasteiger partial charge in [0.25, 0.3) is 0 Å². The molecule has 0 saturated heterocycles. The smallest absolute Gasteiger partial charge is 0.242 e. The van der Waals surface area contributed by atoms with Crippen molar-refractivity contribution in [3.63, 3.8) is 0 Å². The lowest BCUT2D eigenvalue weighted by Gasteiger charge is -2.21. The molecular weight excluding hydrogens is 385 g/mol. The molecule has 0 saturated carbocycles. The Morgan fingerprint density at radius 2 is 1.28 bits per heavy atom. The molecule has 150 valence electrons. The topological polar surface area (TPSA) is 12.0 Å². The van der Waals surface area contributed by atoms with Crippen molar-refractivity contribution in [2.45, 2.75) is 6.04 Å². The van der Waals surface area contributed by atoms with Crippen molar-refractivity contribution in [2.24, 2.45) is 0 Å². The molecule has 6 aromatic rings. The number of nitrogens with one attached hydrogen (secondary N) is 1. The summed E-state index contributed by atoms with van der Waals surface area (Å²) in [5.74, 6) is 0. The minimum atomic E-state index is 0.156. The number of benzene rings is 6. The second kappa shape index (κ2) is 6.69. The second-order valence-electron chi connectivity index (χ2n) is 8.93.